The minimum absolute atomic E-state index is 0.0422. The number of likely N-dealkylation sites (N-methyl/N-ethyl adjacent to an activating group) is 1. The fourth-order valence-corrected chi connectivity index (χ4v) is 8.45. The molecule has 0 rings (SSSR count). The summed E-state index contributed by atoms with van der Waals surface area (Å²) in [6, 6.07) is 0. The lowest BCUT2D eigenvalue weighted by Crippen LogP contribution is -2.37. The van der Waals surface area contributed by atoms with Crippen molar-refractivity contribution in [2.24, 2.45) is 0 Å². The van der Waals surface area contributed by atoms with E-state index in [-0.39, 0.29) is 26.1 Å². The topological polar surface area (TPSA) is 111 Å². The van der Waals surface area contributed by atoms with E-state index < -0.39 is 32.5 Å². The lowest BCUT2D eigenvalue weighted by Gasteiger charge is -2.28. The average Bonchev–Trinajstić information content (AvgIpc) is 3.40. The van der Waals surface area contributed by atoms with Crippen molar-refractivity contribution in [3.63, 3.8) is 0 Å². The molecular weight excluding hydrogens is 990 g/mol. The normalized spacial score (nSPS) is 14.3. The molecule has 0 aromatic heterocycles. The summed E-state index contributed by atoms with van der Waals surface area (Å²) in [7, 11) is 1.13. The van der Waals surface area contributed by atoms with Gasteiger partial charge in [-0.15, -0.1) is 0 Å². The van der Waals surface area contributed by atoms with Crippen LogP contribution in [0.25, 0.3) is 0 Å². The van der Waals surface area contributed by atoms with Crippen LogP contribution >= 0.6 is 7.82 Å². The number of carbonyl (C=O) groups is 2. The number of quaternary nitrogens is 1. The van der Waals surface area contributed by atoms with Crippen molar-refractivity contribution in [2.75, 3.05) is 47.5 Å². The molecule has 0 spiro atoms. The van der Waals surface area contributed by atoms with Crippen molar-refractivity contribution in [2.45, 2.75) is 225 Å². The first-order valence-corrected chi connectivity index (χ1v) is 32.0. The van der Waals surface area contributed by atoms with E-state index in [2.05, 4.69) is 160 Å². The Morgan fingerprint density at radius 2 is 0.692 bits per heavy atom. The van der Waals surface area contributed by atoms with Crippen molar-refractivity contribution in [1.29, 1.82) is 0 Å². The predicted octanol–water partition coefficient (Wildman–Crippen LogP) is 18.8. The molecule has 442 valence electrons. The molecule has 0 saturated carbocycles. The summed E-state index contributed by atoms with van der Waals surface area (Å²) in [6.07, 6.45) is 84.9. The van der Waals surface area contributed by atoms with Gasteiger partial charge < -0.3 is 27.9 Å². The van der Waals surface area contributed by atoms with Gasteiger partial charge >= 0.3 is 11.9 Å². The molecule has 2 atom stereocenters. The van der Waals surface area contributed by atoms with Gasteiger partial charge in [-0.2, -0.15) is 0 Å². The number of allylic oxidation sites excluding steroid dienone is 24. The van der Waals surface area contributed by atoms with Crippen LogP contribution in [-0.2, 0) is 32.7 Å². The second-order valence-corrected chi connectivity index (χ2v) is 22.4. The van der Waals surface area contributed by atoms with E-state index in [1.54, 1.807) is 0 Å². The first-order chi connectivity index (χ1) is 38.0. The molecule has 9 nitrogen and oxygen atoms in total. The van der Waals surface area contributed by atoms with Crippen molar-refractivity contribution in [3.8, 4) is 0 Å². The van der Waals surface area contributed by atoms with E-state index in [9.17, 15) is 19.0 Å². The summed E-state index contributed by atoms with van der Waals surface area (Å²) in [4.78, 5) is 37.8. The Labute approximate surface area is 478 Å². The molecule has 0 aliphatic rings. The zero-order chi connectivity index (χ0) is 57.0. The molecule has 0 amide bonds. The maximum atomic E-state index is 12.8. The van der Waals surface area contributed by atoms with Gasteiger partial charge in [-0.3, -0.25) is 14.2 Å². The zero-order valence-electron chi connectivity index (χ0n) is 50.1. The van der Waals surface area contributed by atoms with Crippen LogP contribution in [-0.4, -0.2) is 70.0 Å². The summed E-state index contributed by atoms with van der Waals surface area (Å²) >= 11 is 0. The smallest absolute Gasteiger partial charge is 0.306 e. The second-order valence-electron chi connectivity index (χ2n) is 20.9. The Kier molecular flexibility index (Phi) is 54.5. The Morgan fingerprint density at radius 1 is 0.397 bits per heavy atom. The fourth-order valence-electron chi connectivity index (χ4n) is 7.72. The quantitative estimate of drug-likeness (QED) is 0.0195. The van der Waals surface area contributed by atoms with Crippen LogP contribution in [0.2, 0.25) is 0 Å². The molecule has 10 heteroatoms. The largest absolute Gasteiger partial charge is 0.756 e. The maximum Gasteiger partial charge on any atom is 0.306 e. The van der Waals surface area contributed by atoms with Crippen LogP contribution in [0, 0.1) is 0 Å². The Balaban J connectivity index is 4.04. The van der Waals surface area contributed by atoms with Gasteiger partial charge in [0.25, 0.3) is 7.82 Å². The minimum Gasteiger partial charge on any atom is -0.756 e. The Morgan fingerprint density at radius 3 is 1.04 bits per heavy atom. The molecule has 0 aliphatic heterocycles. The van der Waals surface area contributed by atoms with Crippen LogP contribution in [0.4, 0.5) is 0 Å². The number of hydrogen-bond acceptors (Lipinski definition) is 8. The molecular formula is C68H112NO8P. The molecule has 0 aromatic carbocycles. The molecule has 0 aromatic rings. The third-order valence-electron chi connectivity index (χ3n) is 12.4. The predicted molar refractivity (Wildman–Crippen MR) is 332 cm³/mol. The van der Waals surface area contributed by atoms with E-state index in [0.717, 1.165) is 116 Å². The molecule has 0 fully saturated rings. The van der Waals surface area contributed by atoms with Crippen LogP contribution in [0.5, 0.6) is 0 Å². The molecule has 0 saturated heterocycles. The standard InChI is InChI=1S/C68H112NO8P/c1-6-8-10-12-14-16-18-20-21-22-23-24-25-26-27-28-29-30-31-32-33-34-35-36-37-38-39-40-41-42-43-44-45-46-47-49-51-53-55-57-59-61-68(71)77-66(65-76-78(72,73)75-63-62-69(3,4)5)64-74-67(70)60-58-56-54-52-50-48-19-17-15-13-11-9-7-2/h8-11,14-17,20-21,23-24,26-27,29-30,32-33,35-36,38-39,48,50,66H,6-7,12-13,18-19,22,25,28,31,34,37,40-47,49,51-65H2,1-5H3/b10-8-,11-9-,16-14-,17-15-,21-20-,24-23-,27-26-,30-29-,33-32-,36-35-,39-38-,50-48-. The van der Waals surface area contributed by atoms with Crippen molar-refractivity contribution >= 4 is 19.8 Å². The number of phosphoric acid groups is 1. The number of rotatable bonds is 54. The number of carbonyl (C=O) groups excluding carboxylic acids is 2. The fraction of sp³-hybridized carbons (Fsp3) is 0.618. The molecule has 0 radical (unpaired) electrons. The van der Waals surface area contributed by atoms with Crippen molar-refractivity contribution < 1.29 is 42.1 Å². The van der Waals surface area contributed by atoms with Crippen molar-refractivity contribution in [1.82, 2.24) is 0 Å². The lowest BCUT2D eigenvalue weighted by molar-refractivity contribution is -0.870. The molecule has 78 heavy (non-hydrogen) atoms. The van der Waals surface area contributed by atoms with Gasteiger partial charge in [0.15, 0.2) is 6.10 Å². The Bertz CT molecular complexity index is 1820. The van der Waals surface area contributed by atoms with Gasteiger partial charge in [-0.1, -0.05) is 237 Å². The summed E-state index contributed by atoms with van der Waals surface area (Å²) in [5.41, 5.74) is 0. The third-order valence-corrected chi connectivity index (χ3v) is 13.3. The summed E-state index contributed by atoms with van der Waals surface area (Å²) < 4.78 is 34.1. The lowest BCUT2D eigenvalue weighted by atomic mass is 10.0. The maximum absolute atomic E-state index is 12.8. The zero-order valence-corrected chi connectivity index (χ0v) is 50.9. The van der Waals surface area contributed by atoms with Crippen LogP contribution < -0.4 is 4.89 Å². The highest BCUT2D eigenvalue weighted by molar-refractivity contribution is 7.45. The summed E-state index contributed by atoms with van der Waals surface area (Å²) in [6.45, 7) is 3.95. The van der Waals surface area contributed by atoms with Gasteiger partial charge in [-0.05, 0) is 116 Å². The highest BCUT2D eigenvalue weighted by Crippen LogP contribution is 2.38. The van der Waals surface area contributed by atoms with Gasteiger partial charge in [-0.25, -0.2) is 0 Å². The van der Waals surface area contributed by atoms with Gasteiger partial charge in [0.2, 0.25) is 0 Å². The third kappa shape index (κ3) is 61.1. The van der Waals surface area contributed by atoms with Gasteiger partial charge in [0.05, 0.1) is 27.7 Å². The van der Waals surface area contributed by atoms with Gasteiger partial charge in [0.1, 0.15) is 19.8 Å². The molecule has 0 N–H and O–H groups in total. The van der Waals surface area contributed by atoms with E-state index in [4.69, 9.17) is 18.5 Å². The Hall–Kier alpha value is -4.11. The molecule has 2 unspecified atom stereocenters. The average molecular weight is 1100 g/mol. The van der Waals surface area contributed by atoms with Crippen LogP contribution in [0.3, 0.4) is 0 Å². The van der Waals surface area contributed by atoms with E-state index >= 15 is 0 Å². The van der Waals surface area contributed by atoms with E-state index in [1.807, 2.05) is 21.1 Å². The number of hydrogen-bond donors (Lipinski definition) is 0. The summed E-state index contributed by atoms with van der Waals surface area (Å²) in [5, 5.41) is 0. The second kappa shape index (κ2) is 57.6. The van der Waals surface area contributed by atoms with E-state index in [1.165, 1.54) is 64.2 Å². The monoisotopic (exact) mass is 1100 g/mol. The minimum atomic E-state index is -4.65. The number of phosphoric ester groups is 1. The number of nitrogens with zero attached hydrogens (tertiary/aromatic N) is 1. The van der Waals surface area contributed by atoms with Gasteiger partial charge in [0, 0.05) is 12.8 Å². The molecule has 0 heterocycles. The first-order valence-electron chi connectivity index (χ1n) is 30.5. The van der Waals surface area contributed by atoms with E-state index in [0.29, 0.717) is 23.9 Å². The van der Waals surface area contributed by atoms with Crippen LogP contribution in [0.1, 0.15) is 219 Å². The summed E-state index contributed by atoms with van der Waals surface area (Å²) in [5.74, 6) is -0.878. The number of ether oxygens (including phenoxy) is 2. The van der Waals surface area contributed by atoms with Crippen LogP contribution in [0.15, 0.2) is 146 Å². The first kappa shape index (κ1) is 73.9. The molecule has 0 bridgehead atoms. The van der Waals surface area contributed by atoms with Crippen molar-refractivity contribution in [3.05, 3.63) is 146 Å². The SMILES string of the molecule is CC/C=C\C/C=C\C/C=C\C/C=C\C/C=C\C/C=C\C/C=C\C/C=C\C/C=C\CCCCCCCCCCCCCCCC(=O)OC(COC(=O)CCCCC/C=C\C/C=C\C/C=C\CC)COP(=O)([O-])OCC[N+](C)(C)C. The number of esters is 2. The highest BCUT2D eigenvalue weighted by Gasteiger charge is 2.21. The molecule has 0 aliphatic carbocycles. The number of unbranched alkanes of at least 4 members (excludes halogenated alkanes) is 16. The highest BCUT2D eigenvalue weighted by atomic mass is 31.2.